The molecule has 3 rings (SSSR count). The summed E-state index contributed by atoms with van der Waals surface area (Å²) in [6.45, 7) is 5.08. The number of benzene rings is 2. The molecule has 28 heavy (non-hydrogen) atoms. The second-order valence-corrected chi connectivity index (χ2v) is 7.33. The summed E-state index contributed by atoms with van der Waals surface area (Å²) in [5, 5.41) is 12.1. The molecule has 0 spiro atoms. The molecule has 0 unspecified atom stereocenters. The van der Waals surface area contributed by atoms with E-state index in [1.165, 1.54) is 0 Å². The van der Waals surface area contributed by atoms with Gasteiger partial charge in [0.15, 0.2) is 0 Å². The number of likely N-dealkylation sites (N-methyl/N-ethyl adjacent to an activating group) is 1. The van der Waals surface area contributed by atoms with Crippen LogP contribution < -0.4 is 5.32 Å². The Morgan fingerprint density at radius 3 is 2.21 bits per heavy atom. The van der Waals surface area contributed by atoms with Crippen LogP contribution in [-0.2, 0) is 17.8 Å². The number of carbonyl (C=O) groups is 2. The molecule has 6 heteroatoms. The maximum atomic E-state index is 12.5. The SMILES string of the molecule is CN1CCN(Cc2ccc(C(=O)N[C@H](Cc3ccccc3)C(=O)O)cc2)CC1. The number of hydrogen-bond donors (Lipinski definition) is 2. The van der Waals surface area contributed by atoms with Gasteiger partial charge in [-0.15, -0.1) is 0 Å². The summed E-state index contributed by atoms with van der Waals surface area (Å²) in [6, 6.07) is 15.8. The first-order valence-electron chi connectivity index (χ1n) is 9.58. The second kappa shape index (κ2) is 9.48. The molecule has 1 amide bonds. The maximum absolute atomic E-state index is 12.5. The smallest absolute Gasteiger partial charge is 0.326 e. The van der Waals surface area contributed by atoms with Crippen molar-refractivity contribution in [3.05, 3.63) is 71.3 Å². The maximum Gasteiger partial charge on any atom is 0.326 e. The lowest BCUT2D eigenvalue weighted by atomic mass is 10.0. The largest absolute Gasteiger partial charge is 0.480 e. The fourth-order valence-electron chi connectivity index (χ4n) is 3.32. The van der Waals surface area contributed by atoms with Crippen molar-refractivity contribution in [3.8, 4) is 0 Å². The molecule has 0 aliphatic carbocycles. The van der Waals surface area contributed by atoms with Gasteiger partial charge in [-0.2, -0.15) is 0 Å². The van der Waals surface area contributed by atoms with Crippen molar-refractivity contribution in [1.29, 1.82) is 0 Å². The number of hydrogen-bond acceptors (Lipinski definition) is 4. The third kappa shape index (κ3) is 5.65. The molecule has 0 aromatic heterocycles. The van der Waals surface area contributed by atoms with Crippen LogP contribution in [0.1, 0.15) is 21.5 Å². The normalized spacial score (nSPS) is 16.5. The van der Waals surface area contributed by atoms with Gasteiger partial charge < -0.3 is 15.3 Å². The molecule has 6 nitrogen and oxygen atoms in total. The molecule has 2 N–H and O–H groups in total. The van der Waals surface area contributed by atoms with Crippen molar-refractivity contribution >= 4 is 11.9 Å². The summed E-state index contributed by atoms with van der Waals surface area (Å²) < 4.78 is 0. The summed E-state index contributed by atoms with van der Waals surface area (Å²) >= 11 is 0. The third-order valence-electron chi connectivity index (χ3n) is 5.10. The van der Waals surface area contributed by atoms with Gasteiger partial charge in [0.1, 0.15) is 6.04 Å². The van der Waals surface area contributed by atoms with Crippen molar-refractivity contribution < 1.29 is 14.7 Å². The minimum Gasteiger partial charge on any atom is -0.480 e. The average molecular weight is 381 g/mol. The van der Waals surface area contributed by atoms with Gasteiger partial charge in [0, 0.05) is 44.7 Å². The van der Waals surface area contributed by atoms with Gasteiger partial charge in [-0.05, 0) is 30.3 Å². The number of amides is 1. The zero-order valence-corrected chi connectivity index (χ0v) is 16.2. The lowest BCUT2D eigenvalue weighted by Crippen LogP contribution is -2.43. The molecule has 1 aliphatic rings. The Labute approximate surface area is 165 Å². The standard InChI is InChI=1S/C22H27N3O3/c1-24-11-13-25(14-12-24)16-18-7-9-19(10-8-18)21(26)23-20(22(27)28)15-17-5-3-2-4-6-17/h2-10,20H,11-16H2,1H3,(H,23,26)(H,27,28)/t20-/m1/s1. The van der Waals surface area contributed by atoms with Gasteiger partial charge in [-0.3, -0.25) is 9.69 Å². The summed E-state index contributed by atoms with van der Waals surface area (Å²) in [4.78, 5) is 28.8. The van der Waals surface area contributed by atoms with Crippen molar-refractivity contribution in [2.24, 2.45) is 0 Å². The van der Waals surface area contributed by atoms with E-state index in [0.717, 1.165) is 43.9 Å². The lowest BCUT2D eigenvalue weighted by molar-refractivity contribution is -0.139. The van der Waals surface area contributed by atoms with E-state index in [-0.39, 0.29) is 12.3 Å². The third-order valence-corrected chi connectivity index (χ3v) is 5.10. The Bertz CT molecular complexity index is 784. The monoisotopic (exact) mass is 381 g/mol. The fourth-order valence-corrected chi connectivity index (χ4v) is 3.32. The van der Waals surface area contributed by atoms with Crippen LogP contribution >= 0.6 is 0 Å². The molecular formula is C22H27N3O3. The summed E-state index contributed by atoms with van der Waals surface area (Å²) in [7, 11) is 2.13. The van der Waals surface area contributed by atoms with Gasteiger partial charge in [0.2, 0.25) is 0 Å². The Morgan fingerprint density at radius 1 is 0.964 bits per heavy atom. The Kier molecular flexibility index (Phi) is 6.79. The predicted molar refractivity (Wildman–Crippen MR) is 108 cm³/mol. The summed E-state index contributed by atoms with van der Waals surface area (Å²) in [5.74, 6) is -1.40. The molecule has 1 heterocycles. The van der Waals surface area contributed by atoms with E-state index in [1.807, 2.05) is 42.5 Å². The number of piperazine rings is 1. The minimum absolute atomic E-state index is 0.253. The zero-order chi connectivity index (χ0) is 19.9. The number of nitrogens with one attached hydrogen (secondary N) is 1. The highest BCUT2D eigenvalue weighted by Crippen LogP contribution is 2.11. The molecule has 0 bridgehead atoms. The first kappa shape index (κ1) is 20.0. The van der Waals surface area contributed by atoms with E-state index in [0.29, 0.717) is 5.56 Å². The lowest BCUT2D eigenvalue weighted by Gasteiger charge is -2.32. The van der Waals surface area contributed by atoms with Crippen LogP contribution in [0.4, 0.5) is 0 Å². The van der Waals surface area contributed by atoms with E-state index in [2.05, 4.69) is 22.2 Å². The first-order valence-corrected chi connectivity index (χ1v) is 9.58. The number of carbonyl (C=O) groups excluding carboxylic acids is 1. The molecule has 1 atom stereocenters. The Hall–Kier alpha value is -2.70. The molecule has 1 saturated heterocycles. The number of nitrogens with zero attached hydrogens (tertiary/aromatic N) is 2. The van der Waals surface area contributed by atoms with Crippen LogP contribution in [-0.4, -0.2) is 66.1 Å². The highest BCUT2D eigenvalue weighted by Gasteiger charge is 2.21. The second-order valence-electron chi connectivity index (χ2n) is 7.33. The van der Waals surface area contributed by atoms with Crippen molar-refractivity contribution in [2.75, 3.05) is 33.2 Å². The van der Waals surface area contributed by atoms with E-state index in [9.17, 15) is 14.7 Å². The van der Waals surface area contributed by atoms with E-state index in [4.69, 9.17) is 0 Å². The zero-order valence-electron chi connectivity index (χ0n) is 16.2. The number of aliphatic carboxylic acids is 1. The van der Waals surface area contributed by atoms with Crippen molar-refractivity contribution in [2.45, 2.75) is 19.0 Å². The minimum atomic E-state index is -1.04. The molecule has 1 fully saturated rings. The molecular weight excluding hydrogens is 354 g/mol. The molecule has 148 valence electrons. The van der Waals surface area contributed by atoms with E-state index < -0.39 is 12.0 Å². The topological polar surface area (TPSA) is 72.9 Å². The summed E-state index contributed by atoms with van der Waals surface area (Å²) in [5.41, 5.74) is 2.50. The van der Waals surface area contributed by atoms with Gasteiger partial charge in [0.25, 0.3) is 5.91 Å². The van der Waals surface area contributed by atoms with E-state index >= 15 is 0 Å². The number of carboxylic acid groups (broad SMARTS) is 1. The predicted octanol–water partition coefficient (Wildman–Crippen LogP) is 1.86. The van der Waals surface area contributed by atoms with Crippen LogP contribution in [0.2, 0.25) is 0 Å². The number of carboxylic acids is 1. The molecule has 1 aliphatic heterocycles. The number of rotatable bonds is 7. The van der Waals surface area contributed by atoms with Crippen molar-refractivity contribution in [1.82, 2.24) is 15.1 Å². The van der Waals surface area contributed by atoms with Gasteiger partial charge in [-0.1, -0.05) is 42.5 Å². The van der Waals surface area contributed by atoms with Crippen LogP contribution in [0, 0.1) is 0 Å². The van der Waals surface area contributed by atoms with Gasteiger partial charge in [0.05, 0.1) is 0 Å². The fraction of sp³-hybridized carbons (Fsp3) is 0.364. The molecule has 0 saturated carbocycles. The molecule has 0 radical (unpaired) electrons. The quantitative estimate of drug-likeness (QED) is 0.766. The van der Waals surface area contributed by atoms with Crippen LogP contribution in [0.15, 0.2) is 54.6 Å². The van der Waals surface area contributed by atoms with E-state index in [1.54, 1.807) is 12.1 Å². The molecule has 2 aromatic rings. The Morgan fingerprint density at radius 2 is 1.61 bits per heavy atom. The molecule has 2 aromatic carbocycles. The van der Waals surface area contributed by atoms with Crippen molar-refractivity contribution in [3.63, 3.8) is 0 Å². The van der Waals surface area contributed by atoms with Gasteiger partial charge in [-0.25, -0.2) is 4.79 Å². The Balaban J connectivity index is 1.57. The van der Waals surface area contributed by atoms with Gasteiger partial charge >= 0.3 is 5.97 Å². The van der Waals surface area contributed by atoms with Crippen LogP contribution in [0.25, 0.3) is 0 Å². The van der Waals surface area contributed by atoms with Crippen LogP contribution in [0.5, 0.6) is 0 Å². The first-order chi connectivity index (χ1) is 13.5. The highest BCUT2D eigenvalue weighted by molar-refractivity contribution is 5.96. The van der Waals surface area contributed by atoms with Crippen LogP contribution in [0.3, 0.4) is 0 Å². The highest BCUT2D eigenvalue weighted by atomic mass is 16.4. The summed E-state index contributed by atoms with van der Waals surface area (Å²) in [6.07, 6.45) is 0.253. The average Bonchev–Trinajstić information content (AvgIpc) is 2.70.